The first-order valence-electron chi connectivity index (χ1n) is 7.72. The molecule has 1 heterocycles. The Morgan fingerprint density at radius 2 is 1.88 bits per heavy atom. The van der Waals surface area contributed by atoms with Gasteiger partial charge in [0.15, 0.2) is 6.10 Å². The van der Waals surface area contributed by atoms with E-state index in [4.69, 9.17) is 9.15 Å². The van der Waals surface area contributed by atoms with E-state index in [0.29, 0.717) is 12.5 Å². The molecular weight excluding hydrogens is 313 g/mol. The van der Waals surface area contributed by atoms with Gasteiger partial charge < -0.3 is 14.5 Å². The Balaban J connectivity index is 2.01. The molecule has 1 atom stereocenters. The summed E-state index contributed by atoms with van der Waals surface area (Å²) in [5.41, 5.74) is 0.249. The minimum absolute atomic E-state index is 0.0863. The van der Waals surface area contributed by atoms with E-state index in [0.717, 1.165) is 0 Å². The van der Waals surface area contributed by atoms with E-state index in [1.807, 2.05) is 13.8 Å². The first-order chi connectivity index (χ1) is 11.4. The van der Waals surface area contributed by atoms with E-state index in [9.17, 15) is 14.0 Å². The van der Waals surface area contributed by atoms with Gasteiger partial charge in [-0.15, -0.1) is 0 Å². The zero-order chi connectivity index (χ0) is 17.7. The highest BCUT2D eigenvalue weighted by atomic mass is 19.1. The maximum atomic E-state index is 13.7. The molecule has 0 aliphatic heterocycles. The van der Waals surface area contributed by atoms with Gasteiger partial charge in [0.1, 0.15) is 11.6 Å². The molecule has 0 fully saturated rings. The van der Waals surface area contributed by atoms with Crippen LogP contribution in [0.25, 0.3) is 11.3 Å². The second-order valence-corrected chi connectivity index (χ2v) is 5.83. The van der Waals surface area contributed by atoms with Crippen LogP contribution < -0.4 is 5.32 Å². The lowest BCUT2D eigenvalue weighted by Gasteiger charge is -2.13. The van der Waals surface area contributed by atoms with Gasteiger partial charge in [0.05, 0.1) is 5.56 Å². The second-order valence-electron chi connectivity index (χ2n) is 5.83. The molecule has 0 saturated carbocycles. The van der Waals surface area contributed by atoms with Gasteiger partial charge in [-0.1, -0.05) is 26.0 Å². The van der Waals surface area contributed by atoms with Gasteiger partial charge in [-0.2, -0.15) is 0 Å². The number of nitrogens with one attached hydrogen (secondary N) is 1. The summed E-state index contributed by atoms with van der Waals surface area (Å²) in [5.74, 6) is -1.17. The van der Waals surface area contributed by atoms with Crippen molar-refractivity contribution in [3.05, 3.63) is 48.0 Å². The van der Waals surface area contributed by atoms with Crippen LogP contribution in [0.1, 0.15) is 31.3 Å². The van der Waals surface area contributed by atoms with Crippen molar-refractivity contribution < 1.29 is 23.1 Å². The van der Waals surface area contributed by atoms with Crippen molar-refractivity contribution in [2.24, 2.45) is 5.92 Å². The largest absolute Gasteiger partial charge is 0.449 e. The molecule has 0 spiro atoms. The third-order valence-corrected chi connectivity index (χ3v) is 3.28. The van der Waals surface area contributed by atoms with Crippen molar-refractivity contribution in [2.45, 2.75) is 26.9 Å². The number of hydrogen-bond acceptors (Lipinski definition) is 4. The summed E-state index contributed by atoms with van der Waals surface area (Å²) >= 11 is 0. The number of rotatable bonds is 6. The van der Waals surface area contributed by atoms with Gasteiger partial charge >= 0.3 is 5.97 Å². The summed E-state index contributed by atoms with van der Waals surface area (Å²) in [6.07, 6.45) is -0.946. The number of carbonyl (C=O) groups excluding carboxylic acids is 2. The fraction of sp³-hybridized carbons (Fsp3) is 0.333. The lowest BCUT2D eigenvalue weighted by atomic mass is 10.1. The van der Waals surface area contributed by atoms with Gasteiger partial charge in [-0.3, -0.25) is 4.79 Å². The van der Waals surface area contributed by atoms with E-state index in [1.54, 1.807) is 18.2 Å². The quantitative estimate of drug-likeness (QED) is 0.823. The maximum absolute atomic E-state index is 13.7. The van der Waals surface area contributed by atoms with Gasteiger partial charge in [0.25, 0.3) is 5.91 Å². The van der Waals surface area contributed by atoms with Crippen LogP contribution in [0.15, 0.2) is 40.8 Å². The number of amides is 1. The van der Waals surface area contributed by atoms with Crippen molar-refractivity contribution >= 4 is 11.9 Å². The molecule has 1 amide bonds. The second kappa shape index (κ2) is 7.77. The number of furan rings is 1. The van der Waals surface area contributed by atoms with Crippen LogP contribution in [-0.2, 0) is 9.53 Å². The summed E-state index contributed by atoms with van der Waals surface area (Å²) in [6.45, 7) is 5.90. The number of hydrogen-bond donors (Lipinski definition) is 1. The standard InChI is InChI=1S/C18H20FNO4/c1-11(2)10-20-17(21)12(3)23-18(22)16-9-8-15(24-16)13-6-4-5-7-14(13)19/h4-9,11-12H,10H2,1-3H3,(H,20,21)/t12-/m0/s1. The lowest BCUT2D eigenvalue weighted by molar-refractivity contribution is -0.129. The van der Waals surface area contributed by atoms with Crippen LogP contribution in [0.5, 0.6) is 0 Å². The van der Waals surface area contributed by atoms with Crippen molar-refractivity contribution in [1.29, 1.82) is 0 Å². The molecule has 6 heteroatoms. The van der Waals surface area contributed by atoms with E-state index in [-0.39, 0.29) is 23.0 Å². The molecule has 1 aromatic carbocycles. The highest BCUT2D eigenvalue weighted by molar-refractivity contribution is 5.90. The van der Waals surface area contributed by atoms with Crippen molar-refractivity contribution in [3.8, 4) is 11.3 Å². The van der Waals surface area contributed by atoms with Gasteiger partial charge in [-0.25, -0.2) is 9.18 Å². The molecule has 2 rings (SSSR count). The van der Waals surface area contributed by atoms with Crippen molar-refractivity contribution in [3.63, 3.8) is 0 Å². The van der Waals surface area contributed by atoms with Crippen LogP contribution in [0, 0.1) is 11.7 Å². The minimum atomic E-state index is -0.946. The molecule has 5 nitrogen and oxygen atoms in total. The highest BCUT2D eigenvalue weighted by Crippen LogP contribution is 2.25. The Morgan fingerprint density at radius 3 is 2.54 bits per heavy atom. The summed E-state index contributed by atoms with van der Waals surface area (Å²) in [5, 5.41) is 2.68. The molecule has 0 saturated heterocycles. The molecule has 2 aromatic rings. The molecule has 128 valence electrons. The molecule has 0 bridgehead atoms. The first kappa shape index (κ1) is 17.7. The maximum Gasteiger partial charge on any atom is 0.375 e. The summed E-state index contributed by atoms with van der Waals surface area (Å²) in [6, 6.07) is 8.96. The van der Waals surface area contributed by atoms with Crippen LogP contribution in [0.3, 0.4) is 0 Å². The fourth-order valence-electron chi connectivity index (χ4n) is 1.97. The first-order valence-corrected chi connectivity index (χ1v) is 7.72. The molecule has 0 aliphatic carbocycles. The monoisotopic (exact) mass is 333 g/mol. The predicted molar refractivity (Wildman–Crippen MR) is 86.8 cm³/mol. The van der Waals surface area contributed by atoms with Crippen LogP contribution in [0.4, 0.5) is 4.39 Å². The minimum Gasteiger partial charge on any atom is -0.449 e. The van der Waals surface area contributed by atoms with Crippen molar-refractivity contribution in [2.75, 3.05) is 6.54 Å². The average Bonchev–Trinajstić information content (AvgIpc) is 3.02. The predicted octanol–water partition coefficient (Wildman–Crippen LogP) is 3.40. The SMILES string of the molecule is CC(C)CNC(=O)[C@H](C)OC(=O)c1ccc(-c2ccccc2F)o1. The van der Waals surface area contributed by atoms with E-state index in [2.05, 4.69) is 5.32 Å². The number of halogens is 1. The Hall–Kier alpha value is -2.63. The Bertz CT molecular complexity index is 723. The molecular formula is C18H20FNO4. The molecule has 24 heavy (non-hydrogen) atoms. The van der Waals surface area contributed by atoms with Crippen molar-refractivity contribution in [1.82, 2.24) is 5.32 Å². The smallest absolute Gasteiger partial charge is 0.375 e. The zero-order valence-electron chi connectivity index (χ0n) is 13.8. The highest BCUT2D eigenvalue weighted by Gasteiger charge is 2.21. The van der Waals surface area contributed by atoms with Gasteiger partial charge in [0.2, 0.25) is 5.76 Å². The van der Waals surface area contributed by atoms with Gasteiger partial charge in [0, 0.05) is 6.54 Å². The summed E-state index contributed by atoms with van der Waals surface area (Å²) in [7, 11) is 0. The normalized spacial score (nSPS) is 12.0. The molecule has 0 aliphatic rings. The van der Waals surface area contributed by atoms with Gasteiger partial charge in [-0.05, 0) is 37.1 Å². The molecule has 0 radical (unpaired) electrons. The number of benzene rings is 1. The number of carbonyl (C=O) groups is 2. The number of esters is 1. The number of ether oxygens (including phenoxy) is 1. The van der Waals surface area contributed by atoms with Crippen LogP contribution in [-0.4, -0.2) is 24.5 Å². The Kier molecular flexibility index (Phi) is 5.73. The van der Waals surface area contributed by atoms with E-state index >= 15 is 0 Å². The lowest BCUT2D eigenvalue weighted by Crippen LogP contribution is -2.37. The Morgan fingerprint density at radius 1 is 1.17 bits per heavy atom. The van der Waals surface area contributed by atoms with E-state index in [1.165, 1.54) is 25.1 Å². The third kappa shape index (κ3) is 4.44. The summed E-state index contributed by atoms with van der Waals surface area (Å²) in [4.78, 5) is 23.9. The molecule has 1 aromatic heterocycles. The third-order valence-electron chi connectivity index (χ3n) is 3.28. The van der Waals surface area contributed by atoms with E-state index < -0.39 is 17.9 Å². The van der Waals surface area contributed by atoms with Crippen LogP contribution in [0.2, 0.25) is 0 Å². The molecule has 1 N–H and O–H groups in total. The topological polar surface area (TPSA) is 68.5 Å². The molecule has 0 unspecified atom stereocenters. The average molecular weight is 333 g/mol. The zero-order valence-corrected chi connectivity index (χ0v) is 13.8. The fourth-order valence-corrected chi connectivity index (χ4v) is 1.97. The Labute approximate surface area is 139 Å². The summed E-state index contributed by atoms with van der Waals surface area (Å²) < 4.78 is 24.1. The van der Waals surface area contributed by atoms with Crippen LogP contribution >= 0.6 is 0 Å².